The summed E-state index contributed by atoms with van der Waals surface area (Å²) in [7, 11) is -2.34. The van der Waals surface area contributed by atoms with Crippen molar-refractivity contribution in [2.24, 2.45) is 0 Å². The molecule has 18 heavy (non-hydrogen) atoms. The van der Waals surface area contributed by atoms with Crippen LogP contribution >= 0.6 is 0 Å². The second kappa shape index (κ2) is 5.85. The fourth-order valence-corrected chi connectivity index (χ4v) is 5.13. The average Bonchev–Trinajstić information content (AvgIpc) is 2.28. The Kier molecular flexibility index (Phi) is 4.94. The summed E-state index contributed by atoms with van der Waals surface area (Å²) in [6, 6.07) is 10.7. The topological polar surface area (TPSA) is 0 Å². The lowest BCUT2D eigenvalue weighted by atomic mass is 10.1. The summed E-state index contributed by atoms with van der Waals surface area (Å²) < 4.78 is 0. The Labute approximate surface area is 114 Å². The Bertz CT molecular complexity index is 422. The maximum absolute atomic E-state index is 3.90. The van der Waals surface area contributed by atoms with Gasteiger partial charge in [0.25, 0.3) is 0 Å². The van der Waals surface area contributed by atoms with Gasteiger partial charge in [-0.1, -0.05) is 74.8 Å². The maximum atomic E-state index is 3.90. The first-order valence-corrected chi connectivity index (χ1v) is 14.2. The van der Waals surface area contributed by atoms with Crippen LogP contribution in [0.3, 0.4) is 0 Å². The van der Waals surface area contributed by atoms with Crippen molar-refractivity contribution in [3.05, 3.63) is 54.2 Å². The van der Waals surface area contributed by atoms with Crippen LogP contribution in [0.25, 0.3) is 5.57 Å². The third-order valence-electron chi connectivity index (χ3n) is 3.98. The third-order valence-corrected chi connectivity index (χ3v) is 20.9. The number of hydrogen-bond donors (Lipinski definition) is 0. The lowest BCUT2D eigenvalue weighted by Crippen LogP contribution is -2.51. The van der Waals surface area contributed by atoms with Gasteiger partial charge in [0.15, 0.2) is 0 Å². The first-order chi connectivity index (χ1) is 8.28. The van der Waals surface area contributed by atoms with Crippen LogP contribution in [0.2, 0.25) is 32.7 Å². The third kappa shape index (κ3) is 3.82. The van der Waals surface area contributed by atoms with Crippen molar-refractivity contribution >= 4 is 20.8 Å². The summed E-state index contributed by atoms with van der Waals surface area (Å²) in [4.78, 5) is 0. The van der Waals surface area contributed by atoms with Gasteiger partial charge in [-0.2, -0.15) is 0 Å². The lowest BCUT2D eigenvalue weighted by Gasteiger charge is -2.33. The van der Waals surface area contributed by atoms with Crippen LogP contribution in [-0.4, -0.2) is 15.2 Å². The van der Waals surface area contributed by atoms with Crippen molar-refractivity contribution in [3.63, 3.8) is 0 Å². The molecule has 0 heterocycles. The summed E-state index contributed by atoms with van der Waals surface area (Å²) in [5, 5.41) is 0. The molecule has 0 nitrogen and oxygen atoms in total. The Morgan fingerprint density at radius 2 is 1.61 bits per heavy atom. The van der Waals surface area contributed by atoms with Crippen molar-refractivity contribution in [3.8, 4) is 0 Å². The molecule has 1 rings (SSSR count). The Balaban J connectivity index is 3.18. The Morgan fingerprint density at radius 1 is 1.06 bits per heavy atom. The van der Waals surface area contributed by atoms with E-state index in [1.165, 1.54) is 11.1 Å². The van der Waals surface area contributed by atoms with Crippen LogP contribution in [0.1, 0.15) is 12.0 Å². The van der Waals surface area contributed by atoms with Gasteiger partial charge in [-0.3, -0.25) is 0 Å². The molecule has 0 unspecified atom stereocenters. The molecular weight excluding hydrogens is 248 g/mol. The van der Waals surface area contributed by atoms with E-state index in [2.05, 4.69) is 75.3 Å². The summed E-state index contributed by atoms with van der Waals surface area (Å²) in [6.45, 7) is 16.4. The van der Waals surface area contributed by atoms with E-state index >= 15 is 0 Å². The zero-order valence-electron chi connectivity index (χ0n) is 12.5. The molecule has 0 aliphatic heterocycles. The Morgan fingerprint density at radius 3 is 2.06 bits per heavy atom. The molecule has 0 saturated heterocycles. The normalized spacial score (nSPS) is 13.5. The van der Waals surface area contributed by atoms with E-state index in [9.17, 15) is 0 Å². The number of rotatable bonds is 5. The maximum Gasteiger partial charge on any atom is 0.0649 e. The van der Waals surface area contributed by atoms with Gasteiger partial charge in [0, 0.05) is 7.59 Å². The molecule has 0 aromatic heterocycles. The number of hydrogen-bond acceptors (Lipinski definition) is 0. The molecule has 0 aliphatic carbocycles. The predicted octanol–water partition coefficient (Wildman–Crippen LogP) is 5.31. The standard InChI is InChI=1S/C16H26Si2/c1-7-11-16(15-12-9-8-10-13-15)14-18(5,6)17(2,3)4/h7-10,12-14H,1,11H2,2-6H3/b16-14+. The van der Waals surface area contributed by atoms with Gasteiger partial charge in [0.1, 0.15) is 0 Å². The minimum absolute atomic E-state index is 0.977. The molecule has 2 heteroatoms. The van der Waals surface area contributed by atoms with Gasteiger partial charge < -0.3 is 0 Å². The van der Waals surface area contributed by atoms with Gasteiger partial charge in [0.05, 0.1) is 7.59 Å². The summed E-state index contributed by atoms with van der Waals surface area (Å²) in [6.07, 6.45) is 3.00. The second-order valence-corrected chi connectivity index (χ2v) is 23.1. The smallest absolute Gasteiger partial charge is 0.0649 e. The molecular formula is C16H26Si2. The SMILES string of the molecule is C=CC/C(=C\[Si](C)(C)[Si](C)(C)C)c1ccccc1. The number of benzene rings is 1. The first-order valence-electron chi connectivity index (χ1n) is 6.66. The largest absolute Gasteiger partial charge is 0.103 e. The fraction of sp³-hybridized carbons (Fsp3) is 0.375. The van der Waals surface area contributed by atoms with E-state index in [0.717, 1.165) is 6.42 Å². The average molecular weight is 275 g/mol. The molecule has 0 fully saturated rings. The van der Waals surface area contributed by atoms with Crippen LogP contribution in [-0.2, 0) is 0 Å². The zero-order valence-corrected chi connectivity index (χ0v) is 14.5. The van der Waals surface area contributed by atoms with Crippen LogP contribution in [0.5, 0.6) is 0 Å². The minimum atomic E-state index is -1.26. The molecule has 1 aromatic rings. The lowest BCUT2D eigenvalue weighted by molar-refractivity contribution is 1.40. The molecule has 0 spiro atoms. The van der Waals surface area contributed by atoms with E-state index in [-0.39, 0.29) is 0 Å². The van der Waals surface area contributed by atoms with Gasteiger partial charge in [-0.05, 0) is 17.6 Å². The van der Waals surface area contributed by atoms with E-state index in [1.807, 2.05) is 6.08 Å². The highest BCUT2D eigenvalue weighted by Crippen LogP contribution is 2.27. The van der Waals surface area contributed by atoms with Crippen molar-refractivity contribution in [2.75, 3.05) is 0 Å². The molecule has 1 aromatic carbocycles. The van der Waals surface area contributed by atoms with Crippen molar-refractivity contribution < 1.29 is 0 Å². The molecule has 0 atom stereocenters. The minimum Gasteiger partial charge on any atom is -0.103 e. The predicted molar refractivity (Wildman–Crippen MR) is 90.1 cm³/mol. The first kappa shape index (κ1) is 15.2. The van der Waals surface area contributed by atoms with E-state index < -0.39 is 15.2 Å². The molecule has 0 amide bonds. The van der Waals surface area contributed by atoms with Gasteiger partial charge >= 0.3 is 0 Å². The number of allylic oxidation sites excluding steroid dienone is 2. The monoisotopic (exact) mass is 274 g/mol. The van der Waals surface area contributed by atoms with Crippen molar-refractivity contribution in [1.82, 2.24) is 0 Å². The zero-order chi connectivity index (χ0) is 13.8. The van der Waals surface area contributed by atoms with Crippen LogP contribution in [0, 0.1) is 0 Å². The molecule has 98 valence electrons. The summed E-state index contributed by atoms with van der Waals surface area (Å²) in [5.41, 5.74) is 5.43. The quantitative estimate of drug-likeness (QED) is 0.504. The van der Waals surface area contributed by atoms with E-state index in [1.54, 1.807) is 0 Å². The van der Waals surface area contributed by atoms with Crippen molar-refractivity contribution in [2.45, 2.75) is 39.2 Å². The molecule has 0 saturated carbocycles. The van der Waals surface area contributed by atoms with Crippen LogP contribution in [0.15, 0.2) is 48.7 Å². The Hall–Kier alpha value is -0.866. The van der Waals surface area contributed by atoms with Crippen molar-refractivity contribution in [1.29, 1.82) is 0 Å². The molecule has 0 radical (unpaired) electrons. The van der Waals surface area contributed by atoms with E-state index in [0.29, 0.717) is 0 Å². The van der Waals surface area contributed by atoms with Gasteiger partial charge in [-0.25, -0.2) is 0 Å². The van der Waals surface area contributed by atoms with E-state index in [4.69, 9.17) is 0 Å². The molecule has 0 bridgehead atoms. The summed E-state index contributed by atoms with van der Waals surface area (Å²) in [5.74, 6) is 0. The second-order valence-electron chi connectivity index (χ2n) is 6.50. The molecule has 0 aliphatic rings. The highest BCUT2D eigenvalue weighted by atomic mass is 29.3. The summed E-state index contributed by atoms with van der Waals surface area (Å²) >= 11 is 0. The molecule has 0 N–H and O–H groups in total. The van der Waals surface area contributed by atoms with Crippen LogP contribution < -0.4 is 0 Å². The fourth-order valence-electron chi connectivity index (χ4n) is 1.72. The highest BCUT2D eigenvalue weighted by Gasteiger charge is 2.34. The highest BCUT2D eigenvalue weighted by molar-refractivity contribution is 7.42. The van der Waals surface area contributed by atoms with Gasteiger partial charge in [-0.15, -0.1) is 6.58 Å². The van der Waals surface area contributed by atoms with Crippen LogP contribution in [0.4, 0.5) is 0 Å². The van der Waals surface area contributed by atoms with Gasteiger partial charge in [0.2, 0.25) is 0 Å².